The Balaban J connectivity index is 1.84. The van der Waals surface area contributed by atoms with E-state index in [2.05, 4.69) is 10.8 Å². The Bertz CT molecular complexity index is 654. The maximum Gasteiger partial charge on any atom is 0.414 e. The second-order valence-electron chi connectivity index (χ2n) is 6.22. The molecule has 2 N–H and O–H groups in total. The summed E-state index contributed by atoms with van der Waals surface area (Å²) >= 11 is 4.86. The Morgan fingerprint density at radius 2 is 2.04 bits per heavy atom. The number of amides is 1. The van der Waals surface area contributed by atoms with Gasteiger partial charge in [0.25, 0.3) is 0 Å². The Hall–Kier alpha value is -2.35. The van der Waals surface area contributed by atoms with Crippen molar-refractivity contribution in [2.45, 2.75) is 39.2 Å². The fourth-order valence-electron chi connectivity index (χ4n) is 2.06. The van der Waals surface area contributed by atoms with E-state index in [9.17, 15) is 9.59 Å². The lowest BCUT2D eigenvalue weighted by atomic mass is 10.0. The number of carbonyl (C=O) groups excluding carboxylic acids is 2. The second-order valence-corrected chi connectivity index (χ2v) is 6.63. The maximum atomic E-state index is 12.0. The van der Waals surface area contributed by atoms with Crippen LogP contribution in [0.2, 0.25) is 0 Å². The van der Waals surface area contributed by atoms with Crippen LogP contribution in [0.1, 0.15) is 43.1 Å². The van der Waals surface area contributed by atoms with Crippen molar-refractivity contribution in [3.05, 3.63) is 29.3 Å². The van der Waals surface area contributed by atoms with Gasteiger partial charge < -0.3 is 14.3 Å². The number of hydroxylamine groups is 1. The number of alkyl carbamates (subject to hydrolysis) is 1. The molecule has 0 bridgehead atoms. The molecule has 0 aromatic heterocycles. The van der Waals surface area contributed by atoms with Crippen LogP contribution in [0.25, 0.3) is 0 Å². The maximum absolute atomic E-state index is 12.0. The Morgan fingerprint density at radius 3 is 2.75 bits per heavy atom. The van der Waals surface area contributed by atoms with E-state index < -0.39 is 17.7 Å². The molecule has 1 heterocycles. The van der Waals surface area contributed by atoms with Crippen LogP contribution in [-0.4, -0.2) is 29.4 Å². The number of nitrogens with one attached hydrogen (secondary N) is 2. The normalized spacial score (nSPS) is 13.1. The molecule has 7 nitrogen and oxygen atoms in total. The summed E-state index contributed by atoms with van der Waals surface area (Å²) in [5, 5.41) is 2.09. The molecule has 1 amide bonds. The quantitative estimate of drug-likeness (QED) is 0.593. The third kappa shape index (κ3) is 5.38. The molecule has 2 rings (SSSR count). The zero-order chi connectivity index (χ0) is 17.7. The molecule has 8 heteroatoms. The Kier molecular flexibility index (Phi) is 5.61. The van der Waals surface area contributed by atoms with Gasteiger partial charge in [0.05, 0.1) is 12.2 Å². The van der Waals surface area contributed by atoms with Gasteiger partial charge >= 0.3 is 12.1 Å². The monoisotopic (exact) mass is 352 g/mol. The van der Waals surface area contributed by atoms with Crippen LogP contribution in [0.4, 0.5) is 4.79 Å². The van der Waals surface area contributed by atoms with Crippen LogP contribution in [0, 0.1) is 0 Å². The summed E-state index contributed by atoms with van der Waals surface area (Å²) in [6, 6.07) is 5.07. The van der Waals surface area contributed by atoms with Crippen LogP contribution >= 0.6 is 12.2 Å². The first-order valence-electron chi connectivity index (χ1n) is 7.51. The number of aryl methyl sites for hydroxylation is 1. The average Bonchev–Trinajstić information content (AvgIpc) is 2.50. The van der Waals surface area contributed by atoms with E-state index in [1.54, 1.807) is 39.0 Å². The molecule has 0 saturated heterocycles. The van der Waals surface area contributed by atoms with Crippen molar-refractivity contribution in [1.29, 1.82) is 0 Å². The molecule has 0 unspecified atom stereocenters. The average molecular weight is 352 g/mol. The minimum atomic E-state index is -0.734. The number of carbonyl (C=O) groups is 2. The lowest BCUT2D eigenvalue weighted by Gasteiger charge is -2.20. The van der Waals surface area contributed by atoms with Crippen molar-refractivity contribution >= 4 is 29.4 Å². The molecular formula is C16H20N2O5S. The molecule has 0 fully saturated rings. The molecule has 24 heavy (non-hydrogen) atoms. The zero-order valence-electron chi connectivity index (χ0n) is 13.8. The van der Waals surface area contributed by atoms with Crippen molar-refractivity contribution in [2.24, 2.45) is 0 Å². The van der Waals surface area contributed by atoms with Gasteiger partial charge in [-0.05, 0) is 69.6 Å². The van der Waals surface area contributed by atoms with E-state index in [4.69, 9.17) is 26.5 Å². The highest BCUT2D eigenvalue weighted by Gasteiger charge is 2.18. The largest absolute Gasteiger partial charge is 0.493 e. The molecular weight excluding hydrogens is 332 g/mol. The summed E-state index contributed by atoms with van der Waals surface area (Å²) in [7, 11) is 0. The minimum absolute atomic E-state index is 0.168. The fraction of sp³-hybridized carbons (Fsp3) is 0.438. The topological polar surface area (TPSA) is 85.9 Å². The molecule has 0 saturated carbocycles. The molecule has 0 aliphatic carbocycles. The highest BCUT2D eigenvalue weighted by molar-refractivity contribution is 7.80. The number of rotatable bonds is 1. The van der Waals surface area contributed by atoms with Crippen LogP contribution < -0.4 is 15.5 Å². The van der Waals surface area contributed by atoms with Gasteiger partial charge in [-0.1, -0.05) is 0 Å². The van der Waals surface area contributed by atoms with Gasteiger partial charge in [-0.25, -0.2) is 9.59 Å². The molecule has 0 spiro atoms. The summed E-state index contributed by atoms with van der Waals surface area (Å²) < 4.78 is 10.5. The first-order valence-corrected chi connectivity index (χ1v) is 7.92. The highest BCUT2D eigenvalue weighted by atomic mass is 32.1. The smallest absolute Gasteiger partial charge is 0.414 e. The van der Waals surface area contributed by atoms with Crippen LogP contribution in [0.5, 0.6) is 5.75 Å². The van der Waals surface area contributed by atoms with E-state index in [1.165, 1.54) is 0 Å². The predicted octanol–water partition coefficient (Wildman–Crippen LogP) is 2.48. The van der Waals surface area contributed by atoms with Crippen molar-refractivity contribution in [2.75, 3.05) is 6.61 Å². The van der Waals surface area contributed by atoms with Gasteiger partial charge in [0.2, 0.25) is 5.11 Å². The predicted molar refractivity (Wildman–Crippen MR) is 90.8 cm³/mol. The van der Waals surface area contributed by atoms with Gasteiger partial charge in [0.1, 0.15) is 11.4 Å². The lowest BCUT2D eigenvalue weighted by molar-refractivity contribution is 0.0367. The molecule has 0 atom stereocenters. The van der Waals surface area contributed by atoms with E-state index in [1.807, 2.05) is 0 Å². The van der Waals surface area contributed by atoms with Gasteiger partial charge in [-0.2, -0.15) is 5.48 Å². The number of hydrogen-bond acceptors (Lipinski definition) is 6. The van der Waals surface area contributed by atoms with Crippen molar-refractivity contribution < 1.29 is 23.9 Å². The third-order valence-electron chi connectivity index (χ3n) is 3.00. The van der Waals surface area contributed by atoms with E-state index >= 15 is 0 Å². The number of hydrogen-bond donors (Lipinski definition) is 2. The lowest BCUT2D eigenvalue weighted by Crippen LogP contribution is -2.42. The van der Waals surface area contributed by atoms with Gasteiger partial charge in [0, 0.05) is 0 Å². The Labute approximate surface area is 145 Å². The first kappa shape index (κ1) is 18.0. The third-order valence-corrected chi connectivity index (χ3v) is 3.18. The first-order chi connectivity index (χ1) is 11.2. The molecule has 1 aliphatic rings. The van der Waals surface area contributed by atoms with Crippen molar-refractivity contribution in [3.63, 3.8) is 0 Å². The number of fused-ring (bicyclic) bond motifs is 1. The molecule has 1 aromatic rings. The fourth-order valence-corrected chi connectivity index (χ4v) is 2.19. The van der Waals surface area contributed by atoms with Crippen molar-refractivity contribution in [3.8, 4) is 5.75 Å². The molecule has 130 valence electrons. The van der Waals surface area contributed by atoms with Crippen LogP contribution in [-0.2, 0) is 16.0 Å². The van der Waals surface area contributed by atoms with Crippen LogP contribution in [0.15, 0.2) is 18.2 Å². The van der Waals surface area contributed by atoms with Gasteiger partial charge in [0.15, 0.2) is 0 Å². The summed E-state index contributed by atoms with van der Waals surface area (Å²) in [6.07, 6.45) is 1.03. The number of benzene rings is 1. The number of thiocarbonyl (C=S) groups is 1. The highest BCUT2D eigenvalue weighted by Crippen LogP contribution is 2.25. The Morgan fingerprint density at radius 1 is 1.29 bits per heavy atom. The standard InChI is InChI=1S/C16H20N2O5S/c1-16(2,3)22-15(20)17-14(24)18-23-13(19)11-6-7-12-10(9-11)5-4-8-21-12/h6-7,9H,4-5,8H2,1-3H3,(H2,17,18,20,24). The van der Waals surface area contributed by atoms with E-state index in [-0.39, 0.29) is 5.11 Å². The zero-order valence-corrected chi connectivity index (χ0v) is 14.6. The van der Waals surface area contributed by atoms with Crippen LogP contribution in [0.3, 0.4) is 0 Å². The molecule has 0 radical (unpaired) electrons. The van der Waals surface area contributed by atoms with Gasteiger partial charge in [-0.15, -0.1) is 0 Å². The number of ether oxygens (including phenoxy) is 2. The minimum Gasteiger partial charge on any atom is -0.493 e. The van der Waals surface area contributed by atoms with Gasteiger partial charge in [-0.3, -0.25) is 5.32 Å². The molecule has 1 aromatic carbocycles. The summed E-state index contributed by atoms with van der Waals surface area (Å²) in [4.78, 5) is 28.4. The van der Waals surface area contributed by atoms with E-state index in [0.29, 0.717) is 12.2 Å². The summed E-state index contributed by atoms with van der Waals surface area (Å²) in [5.74, 6) is 0.171. The summed E-state index contributed by atoms with van der Waals surface area (Å²) in [5.41, 5.74) is 2.90. The molecule has 1 aliphatic heterocycles. The summed E-state index contributed by atoms with van der Waals surface area (Å²) in [6.45, 7) is 5.86. The second kappa shape index (κ2) is 7.48. The SMILES string of the molecule is CC(C)(C)OC(=O)NC(=S)NOC(=O)c1ccc2c(c1)CCCO2. The van der Waals surface area contributed by atoms with E-state index in [0.717, 1.165) is 24.2 Å². The van der Waals surface area contributed by atoms with Crippen molar-refractivity contribution in [1.82, 2.24) is 10.8 Å².